The van der Waals surface area contributed by atoms with Crippen LogP contribution in [0.2, 0.25) is 0 Å². The highest BCUT2D eigenvalue weighted by atomic mass is 19.1. The molecule has 9 heteroatoms. The molecule has 1 N–H and O–H groups in total. The smallest absolute Gasteiger partial charge is 0.353 e. The standard InChI is InChI=1S/C30H39F3O6/c1-17-11-20-21-14-23(32)22-13-19(34)9-10-27(22,2)29(21,33)24(35)15-28(20,3)30(17,26(37)38-16-31)39-25(36)12-18-7-5-4-6-8-18/h9-10,13,17-18,20-21,23-24,35H,4-8,11-12,14-16H2,1-3H3/t17-,20+,21+,23+,24+,27+,28+,29+,30+/m1/s1. The average molecular weight is 553 g/mol. The van der Waals surface area contributed by atoms with E-state index < -0.39 is 76.7 Å². The SMILES string of the molecule is C[C@@H]1C[C@H]2[C@@H]3C[C@H](F)C4=CC(=O)C=C[C@]4(C)[C@@]3(F)[C@@H](O)C[C@]2(C)[C@@]1(OC(=O)CC1CCCCC1)C(=O)OCF. The molecule has 5 aliphatic rings. The number of ketones is 1. The highest BCUT2D eigenvalue weighted by molar-refractivity contribution is 6.01. The number of carbonyl (C=O) groups is 3. The van der Waals surface area contributed by atoms with Crippen LogP contribution in [0.5, 0.6) is 0 Å². The van der Waals surface area contributed by atoms with Crippen molar-refractivity contribution < 1.29 is 42.1 Å². The third kappa shape index (κ3) is 3.88. The van der Waals surface area contributed by atoms with Crippen LogP contribution in [0.15, 0.2) is 23.8 Å². The molecule has 0 bridgehead atoms. The Hall–Kier alpha value is -2.16. The van der Waals surface area contributed by atoms with Crippen LogP contribution in [0.25, 0.3) is 0 Å². The summed E-state index contributed by atoms with van der Waals surface area (Å²) in [5, 5.41) is 11.5. The van der Waals surface area contributed by atoms with Crippen LogP contribution in [-0.4, -0.2) is 53.2 Å². The van der Waals surface area contributed by atoms with Crippen molar-refractivity contribution in [2.75, 3.05) is 6.86 Å². The summed E-state index contributed by atoms with van der Waals surface area (Å²) in [5.74, 6) is -4.40. The molecule has 0 aliphatic heterocycles. The quantitative estimate of drug-likeness (QED) is 0.467. The minimum Gasteiger partial charge on any atom is -0.446 e. The lowest BCUT2D eigenvalue weighted by Gasteiger charge is -2.63. The van der Waals surface area contributed by atoms with Gasteiger partial charge < -0.3 is 14.6 Å². The number of hydrogen-bond acceptors (Lipinski definition) is 6. The summed E-state index contributed by atoms with van der Waals surface area (Å²) in [7, 11) is 0. The summed E-state index contributed by atoms with van der Waals surface area (Å²) < 4.78 is 57.4. The number of ether oxygens (including phenoxy) is 2. The fourth-order valence-corrected chi connectivity index (χ4v) is 9.22. The first-order valence-corrected chi connectivity index (χ1v) is 14.3. The Labute approximate surface area is 227 Å². The van der Waals surface area contributed by atoms with E-state index in [0.29, 0.717) is 0 Å². The van der Waals surface area contributed by atoms with E-state index in [4.69, 9.17) is 9.47 Å². The number of carbonyl (C=O) groups excluding carboxylic acids is 3. The second-order valence-electron chi connectivity index (χ2n) is 13.0. The van der Waals surface area contributed by atoms with Gasteiger partial charge in [-0.25, -0.2) is 18.0 Å². The van der Waals surface area contributed by atoms with Gasteiger partial charge in [-0.3, -0.25) is 9.59 Å². The molecule has 0 aromatic heterocycles. The molecule has 0 aromatic carbocycles. The number of hydrogen-bond donors (Lipinski definition) is 1. The molecule has 0 aromatic rings. The maximum Gasteiger partial charge on any atom is 0.353 e. The molecule has 0 unspecified atom stereocenters. The molecule has 216 valence electrons. The molecule has 0 heterocycles. The minimum atomic E-state index is -2.34. The molecule has 0 spiro atoms. The normalized spacial score (nSPS) is 45.6. The van der Waals surface area contributed by atoms with Crippen LogP contribution in [0.3, 0.4) is 0 Å². The van der Waals surface area contributed by atoms with E-state index in [0.717, 1.165) is 38.2 Å². The van der Waals surface area contributed by atoms with Gasteiger partial charge in [-0.1, -0.05) is 39.2 Å². The first-order chi connectivity index (χ1) is 18.3. The van der Waals surface area contributed by atoms with Crippen LogP contribution in [0.1, 0.15) is 78.6 Å². The number of aliphatic hydroxyl groups excluding tert-OH is 1. The van der Waals surface area contributed by atoms with Crippen molar-refractivity contribution in [2.45, 2.75) is 102 Å². The van der Waals surface area contributed by atoms with Gasteiger partial charge in [-0.2, -0.15) is 0 Å². The maximum atomic E-state index is 17.4. The largest absolute Gasteiger partial charge is 0.446 e. The molecule has 9 atom stereocenters. The molecule has 5 aliphatic carbocycles. The number of esters is 2. The molecule has 4 fully saturated rings. The molecule has 0 saturated heterocycles. The lowest BCUT2D eigenvalue weighted by molar-refractivity contribution is -0.240. The van der Waals surface area contributed by atoms with Crippen molar-refractivity contribution in [3.63, 3.8) is 0 Å². The van der Waals surface area contributed by atoms with Gasteiger partial charge in [0.25, 0.3) is 0 Å². The lowest BCUT2D eigenvalue weighted by Crippen LogP contribution is -2.71. The highest BCUT2D eigenvalue weighted by Gasteiger charge is 2.78. The Kier molecular flexibility index (Phi) is 7.08. The molecule has 0 amide bonds. The number of alkyl halides is 3. The predicted octanol–water partition coefficient (Wildman–Crippen LogP) is 5.27. The zero-order valence-corrected chi connectivity index (χ0v) is 22.9. The second kappa shape index (κ2) is 9.74. The van der Waals surface area contributed by atoms with Crippen LogP contribution < -0.4 is 0 Å². The Bertz CT molecular complexity index is 1100. The summed E-state index contributed by atoms with van der Waals surface area (Å²) in [6.45, 7) is 3.41. The van der Waals surface area contributed by atoms with E-state index in [-0.39, 0.29) is 37.2 Å². The summed E-state index contributed by atoms with van der Waals surface area (Å²) >= 11 is 0. The van der Waals surface area contributed by atoms with Gasteiger partial charge in [-0.05, 0) is 68.6 Å². The Morgan fingerprint density at radius 1 is 1.13 bits per heavy atom. The van der Waals surface area contributed by atoms with Crippen molar-refractivity contribution in [1.29, 1.82) is 0 Å². The maximum absolute atomic E-state index is 17.4. The van der Waals surface area contributed by atoms with Crippen molar-refractivity contribution in [3.05, 3.63) is 23.8 Å². The molecule has 0 radical (unpaired) electrons. The molecule has 6 nitrogen and oxygen atoms in total. The van der Waals surface area contributed by atoms with Gasteiger partial charge in [0.05, 0.1) is 6.10 Å². The fraction of sp³-hybridized carbons (Fsp3) is 0.767. The zero-order chi connectivity index (χ0) is 28.4. The minimum absolute atomic E-state index is 0.00413. The monoisotopic (exact) mass is 552 g/mol. The van der Waals surface area contributed by atoms with Crippen molar-refractivity contribution in [2.24, 2.45) is 34.5 Å². The van der Waals surface area contributed by atoms with Crippen molar-refractivity contribution >= 4 is 17.7 Å². The fourth-order valence-electron chi connectivity index (χ4n) is 9.22. The van der Waals surface area contributed by atoms with Crippen LogP contribution >= 0.6 is 0 Å². The van der Waals surface area contributed by atoms with Gasteiger partial charge >= 0.3 is 11.9 Å². The summed E-state index contributed by atoms with van der Waals surface area (Å²) in [5.41, 5.74) is -7.21. The Balaban J connectivity index is 1.55. The molecule has 39 heavy (non-hydrogen) atoms. The zero-order valence-electron chi connectivity index (χ0n) is 22.9. The summed E-state index contributed by atoms with van der Waals surface area (Å²) in [4.78, 5) is 38.9. The van der Waals surface area contributed by atoms with Gasteiger partial charge in [-0.15, -0.1) is 0 Å². The van der Waals surface area contributed by atoms with E-state index in [9.17, 15) is 23.9 Å². The number of allylic oxidation sites excluding steroid dienone is 4. The average Bonchev–Trinajstić information content (AvgIpc) is 3.10. The summed E-state index contributed by atoms with van der Waals surface area (Å²) in [6.07, 6.45) is 4.95. The number of rotatable bonds is 5. The van der Waals surface area contributed by atoms with Crippen molar-refractivity contribution in [1.82, 2.24) is 0 Å². The molecule has 5 rings (SSSR count). The first kappa shape index (κ1) is 28.4. The third-order valence-electron chi connectivity index (χ3n) is 11.1. The molecular weight excluding hydrogens is 513 g/mol. The molecule has 4 saturated carbocycles. The van der Waals surface area contributed by atoms with Crippen molar-refractivity contribution in [3.8, 4) is 0 Å². The Morgan fingerprint density at radius 2 is 1.82 bits per heavy atom. The van der Waals surface area contributed by atoms with Gasteiger partial charge in [0, 0.05) is 29.1 Å². The third-order valence-corrected chi connectivity index (χ3v) is 11.1. The Morgan fingerprint density at radius 3 is 2.49 bits per heavy atom. The van der Waals surface area contributed by atoms with Gasteiger partial charge in [0.15, 0.2) is 11.5 Å². The van der Waals surface area contributed by atoms with E-state index in [2.05, 4.69) is 0 Å². The number of aliphatic hydroxyl groups is 1. The van der Waals surface area contributed by atoms with E-state index in [1.165, 1.54) is 19.1 Å². The van der Waals surface area contributed by atoms with Gasteiger partial charge in [0.2, 0.25) is 12.5 Å². The first-order valence-electron chi connectivity index (χ1n) is 14.3. The van der Waals surface area contributed by atoms with Crippen LogP contribution in [0.4, 0.5) is 13.2 Å². The van der Waals surface area contributed by atoms with Crippen LogP contribution in [0, 0.1) is 34.5 Å². The van der Waals surface area contributed by atoms with E-state index >= 15 is 8.78 Å². The van der Waals surface area contributed by atoms with E-state index in [1.807, 2.05) is 0 Å². The second-order valence-corrected chi connectivity index (χ2v) is 13.0. The topological polar surface area (TPSA) is 89.9 Å². The van der Waals surface area contributed by atoms with Gasteiger partial charge in [0.1, 0.15) is 6.17 Å². The predicted molar refractivity (Wildman–Crippen MR) is 135 cm³/mol. The van der Waals surface area contributed by atoms with E-state index in [1.54, 1.807) is 13.8 Å². The molecular formula is C30H39F3O6. The highest BCUT2D eigenvalue weighted by Crippen LogP contribution is 2.71. The number of fused-ring (bicyclic) bond motifs is 5. The number of halogens is 3. The van der Waals surface area contributed by atoms with Crippen LogP contribution in [-0.2, 0) is 23.9 Å². The lowest BCUT2D eigenvalue weighted by atomic mass is 9.44. The summed E-state index contributed by atoms with van der Waals surface area (Å²) in [6, 6.07) is 0.